The van der Waals surface area contributed by atoms with E-state index in [9.17, 15) is 0 Å². The second-order valence-corrected chi connectivity index (χ2v) is 4.95. The van der Waals surface area contributed by atoms with Gasteiger partial charge in [0.2, 0.25) is 0 Å². The number of oxazole rings is 1. The summed E-state index contributed by atoms with van der Waals surface area (Å²) in [5.74, 6) is 2.08. The minimum Gasteiger partial charge on any atom is -0.445 e. The summed E-state index contributed by atoms with van der Waals surface area (Å²) in [6.07, 6.45) is 1.78. The number of aromatic nitrogens is 1. The van der Waals surface area contributed by atoms with Crippen LogP contribution in [0.25, 0.3) is 0 Å². The molecular formula is C10H16BrNO. The number of hydrogen-bond donors (Lipinski definition) is 0. The molecule has 0 amide bonds. The van der Waals surface area contributed by atoms with E-state index in [4.69, 9.17) is 4.42 Å². The van der Waals surface area contributed by atoms with Gasteiger partial charge in [0, 0.05) is 5.92 Å². The first-order valence-corrected chi connectivity index (χ1v) is 5.58. The molecule has 13 heavy (non-hydrogen) atoms. The normalized spacial score (nSPS) is 14.5. The molecule has 2 nitrogen and oxygen atoms in total. The van der Waals surface area contributed by atoms with Gasteiger partial charge in [-0.25, -0.2) is 4.98 Å². The van der Waals surface area contributed by atoms with Gasteiger partial charge in [-0.3, -0.25) is 0 Å². The van der Waals surface area contributed by atoms with Crippen molar-refractivity contribution < 1.29 is 4.42 Å². The number of nitrogens with zero attached hydrogens (tertiary/aromatic N) is 1. The Hall–Kier alpha value is -0.310. The van der Waals surface area contributed by atoms with Gasteiger partial charge in [0.05, 0.1) is 11.5 Å². The fourth-order valence-electron chi connectivity index (χ4n) is 0.955. The Balaban J connectivity index is 2.83. The number of alkyl halides is 1. The minimum atomic E-state index is 0.203. The first-order chi connectivity index (χ1) is 5.95. The lowest BCUT2D eigenvalue weighted by molar-refractivity contribution is 0.284. The van der Waals surface area contributed by atoms with Gasteiger partial charge in [0.25, 0.3) is 0 Å². The zero-order chi connectivity index (χ0) is 10.1. The van der Waals surface area contributed by atoms with E-state index in [-0.39, 0.29) is 5.41 Å². The second-order valence-electron chi connectivity index (χ2n) is 4.39. The fourth-order valence-corrected chi connectivity index (χ4v) is 1.21. The summed E-state index contributed by atoms with van der Waals surface area (Å²) in [4.78, 5) is 4.26. The van der Waals surface area contributed by atoms with E-state index in [1.165, 1.54) is 0 Å². The van der Waals surface area contributed by atoms with Crippen molar-refractivity contribution in [2.24, 2.45) is 5.41 Å². The lowest BCUT2D eigenvalue weighted by Gasteiger charge is -2.24. The Labute approximate surface area is 87.9 Å². The maximum atomic E-state index is 5.56. The molecule has 1 unspecified atom stereocenters. The van der Waals surface area contributed by atoms with Crippen LogP contribution in [0.3, 0.4) is 0 Å². The van der Waals surface area contributed by atoms with Crippen LogP contribution in [0.2, 0.25) is 0 Å². The van der Waals surface area contributed by atoms with Gasteiger partial charge in [-0.05, 0) is 5.41 Å². The Morgan fingerprint density at radius 2 is 2.15 bits per heavy atom. The SMILES string of the molecule is CC(c1ncc(CBr)o1)C(C)(C)C. The maximum Gasteiger partial charge on any atom is 0.197 e. The van der Waals surface area contributed by atoms with Crippen LogP contribution in [0.1, 0.15) is 45.3 Å². The van der Waals surface area contributed by atoms with Crippen molar-refractivity contribution in [2.45, 2.75) is 38.9 Å². The maximum absolute atomic E-state index is 5.56. The molecule has 1 aromatic rings. The van der Waals surface area contributed by atoms with Gasteiger partial charge < -0.3 is 4.42 Å². The number of hydrogen-bond acceptors (Lipinski definition) is 2. The van der Waals surface area contributed by atoms with E-state index < -0.39 is 0 Å². The average molecular weight is 246 g/mol. The van der Waals surface area contributed by atoms with Crippen LogP contribution in [0, 0.1) is 5.41 Å². The first-order valence-electron chi connectivity index (χ1n) is 4.45. The Kier molecular flexibility index (Phi) is 3.17. The van der Waals surface area contributed by atoms with E-state index in [0.717, 1.165) is 17.0 Å². The van der Waals surface area contributed by atoms with Gasteiger partial charge in [-0.2, -0.15) is 0 Å². The average Bonchev–Trinajstić information content (AvgIpc) is 2.48. The monoisotopic (exact) mass is 245 g/mol. The Morgan fingerprint density at radius 3 is 2.54 bits per heavy atom. The van der Waals surface area contributed by atoms with Crippen LogP contribution in [0.4, 0.5) is 0 Å². The summed E-state index contributed by atoms with van der Waals surface area (Å²) in [7, 11) is 0. The molecule has 0 aliphatic rings. The van der Waals surface area contributed by atoms with Gasteiger partial charge in [0.15, 0.2) is 5.89 Å². The summed E-state index contributed by atoms with van der Waals surface area (Å²) in [5.41, 5.74) is 0.203. The molecule has 74 valence electrons. The molecule has 0 saturated carbocycles. The van der Waals surface area contributed by atoms with Crippen molar-refractivity contribution in [3.05, 3.63) is 17.8 Å². The molecule has 3 heteroatoms. The summed E-state index contributed by atoms with van der Waals surface area (Å²) in [6, 6.07) is 0. The summed E-state index contributed by atoms with van der Waals surface area (Å²) < 4.78 is 5.56. The molecule has 1 rings (SSSR count). The predicted molar refractivity (Wildman–Crippen MR) is 57.0 cm³/mol. The highest BCUT2D eigenvalue weighted by Crippen LogP contribution is 2.33. The molecule has 0 radical (unpaired) electrons. The van der Waals surface area contributed by atoms with Crippen molar-refractivity contribution >= 4 is 15.9 Å². The van der Waals surface area contributed by atoms with Crippen molar-refractivity contribution in [3.8, 4) is 0 Å². The van der Waals surface area contributed by atoms with Crippen LogP contribution in [-0.4, -0.2) is 4.98 Å². The van der Waals surface area contributed by atoms with Crippen LogP contribution >= 0.6 is 15.9 Å². The topological polar surface area (TPSA) is 26.0 Å². The summed E-state index contributed by atoms with van der Waals surface area (Å²) >= 11 is 3.34. The fraction of sp³-hybridized carbons (Fsp3) is 0.700. The second kappa shape index (κ2) is 3.82. The summed E-state index contributed by atoms with van der Waals surface area (Å²) in [6.45, 7) is 8.71. The molecule has 1 heterocycles. The third-order valence-corrected chi connectivity index (χ3v) is 2.93. The summed E-state index contributed by atoms with van der Waals surface area (Å²) in [5, 5.41) is 0.733. The highest BCUT2D eigenvalue weighted by atomic mass is 79.9. The number of rotatable bonds is 2. The quantitative estimate of drug-likeness (QED) is 0.743. The molecule has 0 aliphatic carbocycles. The first kappa shape index (κ1) is 10.8. The van der Waals surface area contributed by atoms with Crippen LogP contribution in [0.5, 0.6) is 0 Å². The highest BCUT2D eigenvalue weighted by Gasteiger charge is 2.25. The van der Waals surface area contributed by atoms with E-state index in [0.29, 0.717) is 5.92 Å². The van der Waals surface area contributed by atoms with E-state index in [1.807, 2.05) is 0 Å². The molecule has 1 atom stereocenters. The molecule has 0 aromatic carbocycles. The van der Waals surface area contributed by atoms with E-state index >= 15 is 0 Å². The molecule has 0 spiro atoms. The Bertz CT molecular complexity index is 275. The molecule has 0 aliphatic heterocycles. The van der Waals surface area contributed by atoms with E-state index in [1.54, 1.807) is 6.20 Å². The van der Waals surface area contributed by atoms with Crippen LogP contribution in [0.15, 0.2) is 10.6 Å². The van der Waals surface area contributed by atoms with Gasteiger partial charge in [0.1, 0.15) is 5.76 Å². The highest BCUT2D eigenvalue weighted by molar-refractivity contribution is 9.08. The molecular weight excluding hydrogens is 230 g/mol. The standard InChI is InChI=1S/C10H16BrNO/c1-7(10(2,3)4)9-12-6-8(5-11)13-9/h6-7H,5H2,1-4H3. The molecule has 1 aromatic heterocycles. The predicted octanol–water partition coefficient (Wildman–Crippen LogP) is 3.72. The molecule has 0 bridgehead atoms. The minimum absolute atomic E-state index is 0.203. The lowest BCUT2D eigenvalue weighted by atomic mass is 9.82. The smallest absolute Gasteiger partial charge is 0.197 e. The van der Waals surface area contributed by atoms with E-state index in [2.05, 4.69) is 48.6 Å². The lowest BCUT2D eigenvalue weighted by Crippen LogP contribution is -2.15. The van der Waals surface area contributed by atoms with Crippen LogP contribution in [-0.2, 0) is 5.33 Å². The largest absolute Gasteiger partial charge is 0.445 e. The zero-order valence-electron chi connectivity index (χ0n) is 8.60. The van der Waals surface area contributed by atoms with Crippen molar-refractivity contribution in [1.82, 2.24) is 4.98 Å². The van der Waals surface area contributed by atoms with Crippen molar-refractivity contribution in [3.63, 3.8) is 0 Å². The number of halogens is 1. The van der Waals surface area contributed by atoms with Crippen molar-refractivity contribution in [2.75, 3.05) is 0 Å². The third-order valence-electron chi connectivity index (χ3n) is 2.37. The van der Waals surface area contributed by atoms with Gasteiger partial charge in [-0.1, -0.05) is 43.6 Å². The van der Waals surface area contributed by atoms with Crippen molar-refractivity contribution in [1.29, 1.82) is 0 Å². The molecule has 0 saturated heterocycles. The molecule has 0 N–H and O–H groups in total. The van der Waals surface area contributed by atoms with Gasteiger partial charge >= 0.3 is 0 Å². The Morgan fingerprint density at radius 1 is 1.54 bits per heavy atom. The van der Waals surface area contributed by atoms with Gasteiger partial charge in [-0.15, -0.1) is 0 Å². The zero-order valence-corrected chi connectivity index (χ0v) is 10.2. The third kappa shape index (κ3) is 2.56. The molecule has 0 fully saturated rings. The van der Waals surface area contributed by atoms with Crippen LogP contribution < -0.4 is 0 Å².